The standard InChI is InChI=1S/C10H11NO3S/c1-2-14-10(13)8-4-3-7(6-11-8)5-9(12)15/h3-4,6H,2,5H2,1H3,(H,12,15). The van der Waals surface area contributed by atoms with Crippen LogP contribution in [0.5, 0.6) is 0 Å². The van der Waals surface area contributed by atoms with E-state index in [1.54, 1.807) is 13.0 Å². The Kier molecular flexibility index (Phi) is 4.30. The van der Waals surface area contributed by atoms with Gasteiger partial charge < -0.3 is 4.74 Å². The molecule has 1 aromatic rings. The molecule has 0 atom stereocenters. The molecule has 0 bridgehead atoms. The van der Waals surface area contributed by atoms with Crippen molar-refractivity contribution in [1.29, 1.82) is 0 Å². The second-order valence-electron chi connectivity index (χ2n) is 2.84. The zero-order chi connectivity index (χ0) is 11.3. The molecule has 0 aliphatic rings. The summed E-state index contributed by atoms with van der Waals surface area (Å²) in [6, 6.07) is 3.19. The second-order valence-corrected chi connectivity index (χ2v) is 3.34. The van der Waals surface area contributed by atoms with Crippen LogP contribution in [0.3, 0.4) is 0 Å². The predicted molar refractivity (Wildman–Crippen MR) is 57.9 cm³/mol. The van der Waals surface area contributed by atoms with Gasteiger partial charge in [-0.15, -0.1) is 12.6 Å². The van der Waals surface area contributed by atoms with Gasteiger partial charge in [-0.1, -0.05) is 6.07 Å². The molecule has 80 valence electrons. The summed E-state index contributed by atoms with van der Waals surface area (Å²) in [7, 11) is 0. The zero-order valence-electron chi connectivity index (χ0n) is 8.27. The minimum atomic E-state index is -0.457. The molecule has 4 nitrogen and oxygen atoms in total. The van der Waals surface area contributed by atoms with E-state index in [9.17, 15) is 9.59 Å². The van der Waals surface area contributed by atoms with Gasteiger partial charge in [0.25, 0.3) is 0 Å². The van der Waals surface area contributed by atoms with E-state index in [1.165, 1.54) is 12.3 Å². The Bertz CT molecular complexity index is 361. The molecule has 0 amide bonds. The van der Waals surface area contributed by atoms with Crippen molar-refractivity contribution in [3.8, 4) is 0 Å². The summed E-state index contributed by atoms with van der Waals surface area (Å²) in [5.74, 6) is -0.457. The summed E-state index contributed by atoms with van der Waals surface area (Å²) < 4.78 is 4.77. The van der Waals surface area contributed by atoms with Crippen molar-refractivity contribution in [3.05, 3.63) is 29.6 Å². The van der Waals surface area contributed by atoms with Gasteiger partial charge in [0.15, 0.2) is 5.12 Å². The molecule has 0 saturated heterocycles. The van der Waals surface area contributed by atoms with E-state index in [1.807, 2.05) is 0 Å². The van der Waals surface area contributed by atoms with Crippen LogP contribution >= 0.6 is 12.6 Å². The normalized spacial score (nSPS) is 9.73. The lowest BCUT2D eigenvalue weighted by molar-refractivity contribution is -0.110. The lowest BCUT2D eigenvalue weighted by Crippen LogP contribution is -2.07. The van der Waals surface area contributed by atoms with Crippen LogP contribution in [0.4, 0.5) is 0 Å². The van der Waals surface area contributed by atoms with Crippen LogP contribution in [-0.4, -0.2) is 22.7 Å². The number of carbonyl (C=O) groups excluding carboxylic acids is 2. The third kappa shape index (κ3) is 3.71. The molecule has 0 aliphatic heterocycles. The van der Waals surface area contributed by atoms with E-state index in [0.717, 1.165) is 5.56 Å². The summed E-state index contributed by atoms with van der Waals surface area (Å²) in [4.78, 5) is 25.8. The molecule has 0 spiro atoms. The van der Waals surface area contributed by atoms with Crippen LogP contribution in [0, 0.1) is 0 Å². The summed E-state index contributed by atoms with van der Waals surface area (Å²) in [6.45, 7) is 2.04. The number of nitrogens with zero attached hydrogens (tertiary/aromatic N) is 1. The molecule has 1 heterocycles. The van der Waals surface area contributed by atoms with Crippen molar-refractivity contribution < 1.29 is 14.3 Å². The van der Waals surface area contributed by atoms with Gasteiger partial charge in [-0.2, -0.15) is 0 Å². The number of rotatable bonds is 4. The maximum atomic E-state index is 11.2. The fraction of sp³-hybridized carbons (Fsp3) is 0.300. The molecule has 0 aliphatic carbocycles. The maximum Gasteiger partial charge on any atom is 0.356 e. The lowest BCUT2D eigenvalue weighted by Gasteiger charge is -2.01. The largest absolute Gasteiger partial charge is 0.461 e. The average molecular weight is 225 g/mol. The maximum absolute atomic E-state index is 11.2. The second kappa shape index (κ2) is 5.50. The van der Waals surface area contributed by atoms with Gasteiger partial charge in [0.2, 0.25) is 0 Å². The molecule has 0 aromatic carbocycles. The van der Waals surface area contributed by atoms with Crippen LogP contribution in [0.25, 0.3) is 0 Å². The van der Waals surface area contributed by atoms with E-state index in [4.69, 9.17) is 4.74 Å². The first kappa shape index (κ1) is 11.7. The molecule has 1 aromatic heterocycles. The SMILES string of the molecule is CCOC(=O)c1ccc(CC(=O)S)cn1. The van der Waals surface area contributed by atoms with E-state index in [0.29, 0.717) is 6.61 Å². The third-order valence-corrected chi connectivity index (χ3v) is 1.82. The first-order valence-corrected chi connectivity index (χ1v) is 4.92. The zero-order valence-corrected chi connectivity index (χ0v) is 9.16. The van der Waals surface area contributed by atoms with Gasteiger partial charge in [0.05, 0.1) is 6.61 Å². The number of pyridine rings is 1. The molecule has 0 saturated carbocycles. The molecular formula is C10H11NO3S. The molecule has 0 fully saturated rings. The summed E-state index contributed by atoms with van der Waals surface area (Å²) in [5.41, 5.74) is 0.968. The quantitative estimate of drug-likeness (QED) is 0.619. The smallest absolute Gasteiger partial charge is 0.356 e. The minimum Gasteiger partial charge on any atom is -0.461 e. The molecule has 1 rings (SSSR count). The van der Waals surface area contributed by atoms with Crippen molar-refractivity contribution >= 4 is 23.7 Å². The monoisotopic (exact) mass is 225 g/mol. The molecular weight excluding hydrogens is 214 g/mol. The Hall–Kier alpha value is -1.36. The van der Waals surface area contributed by atoms with Crippen molar-refractivity contribution in [2.45, 2.75) is 13.3 Å². The highest BCUT2D eigenvalue weighted by Gasteiger charge is 2.07. The Labute approximate surface area is 93.1 Å². The van der Waals surface area contributed by atoms with Gasteiger partial charge in [-0.25, -0.2) is 9.78 Å². The number of carbonyl (C=O) groups is 2. The van der Waals surface area contributed by atoms with Crippen molar-refractivity contribution in [1.82, 2.24) is 4.98 Å². The van der Waals surface area contributed by atoms with Crippen LogP contribution in [0.1, 0.15) is 23.0 Å². The predicted octanol–water partition coefficient (Wildman–Crippen LogP) is 1.26. The molecule has 0 unspecified atom stereocenters. The lowest BCUT2D eigenvalue weighted by atomic mass is 10.2. The summed E-state index contributed by atoms with van der Waals surface area (Å²) >= 11 is 3.65. The van der Waals surface area contributed by atoms with E-state index in [2.05, 4.69) is 17.6 Å². The van der Waals surface area contributed by atoms with Crippen LogP contribution in [0.15, 0.2) is 18.3 Å². The van der Waals surface area contributed by atoms with Gasteiger partial charge in [-0.05, 0) is 18.6 Å². The Balaban J connectivity index is 2.71. The van der Waals surface area contributed by atoms with Gasteiger partial charge in [0, 0.05) is 12.6 Å². The van der Waals surface area contributed by atoms with Gasteiger partial charge in [-0.3, -0.25) is 4.79 Å². The minimum absolute atomic E-state index is 0.208. The van der Waals surface area contributed by atoms with Crippen molar-refractivity contribution in [3.63, 3.8) is 0 Å². The number of aromatic nitrogens is 1. The highest BCUT2D eigenvalue weighted by molar-refractivity contribution is 7.96. The molecule has 0 N–H and O–H groups in total. The first-order valence-electron chi connectivity index (χ1n) is 4.47. The summed E-state index contributed by atoms with van der Waals surface area (Å²) in [6.07, 6.45) is 1.68. The Morgan fingerprint density at radius 1 is 1.47 bits per heavy atom. The Morgan fingerprint density at radius 2 is 2.20 bits per heavy atom. The third-order valence-electron chi connectivity index (χ3n) is 1.66. The summed E-state index contributed by atoms with van der Waals surface area (Å²) in [5, 5.41) is -0.235. The van der Waals surface area contributed by atoms with Gasteiger partial charge in [0.1, 0.15) is 5.69 Å². The topological polar surface area (TPSA) is 56.3 Å². The van der Waals surface area contributed by atoms with E-state index in [-0.39, 0.29) is 17.2 Å². The van der Waals surface area contributed by atoms with Crippen LogP contribution in [0.2, 0.25) is 0 Å². The van der Waals surface area contributed by atoms with Crippen LogP contribution < -0.4 is 0 Å². The number of ether oxygens (including phenoxy) is 1. The highest BCUT2D eigenvalue weighted by Crippen LogP contribution is 2.04. The number of hydrogen-bond donors (Lipinski definition) is 1. The van der Waals surface area contributed by atoms with Crippen molar-refractivity contribution in [2.75, 3.05) is 6.61 Å². The van der Waals surface area contributed by atoms with E-state index >= 15 is 0 Å². The highest BCUT2D eigenvalue weighted by atomic mass is 32.1. The number of esters is 1. The van der Waals surface area contributed by atoms with E-state index < -0.39 is 5.97 Å². The number of hydrogen-bond acceptors (Lipinski definition) is 4. The van der Waals surface area contributed by atoms with Crippen LogP contribution in [-0.2, 0) is 16.0 Å². The molecule has 15 heavy (non-hydrogen) atoms. The number of thiol groups is 1. The average Bonchev–Trinajstić information content (AvgIpc) is 2.18. The first-order chi connectivity index (χ1) is 7.13. The molecule has 5 heteroatoms. The van der Waals surface area contributed by atoms with Gasteiger partial charge >= 0.3 is 5.97 Å². The fourth-order valence-corrected chi connectivity index (χ4v) is 1.21. The van der Waals surface area contributed by atoms with Crippen molar-refractivity contribution in [2.24, 2.45) is 0 Å². The fourth-order valence-electron chi connectivity index (χ4n) is 1.03. The molecule has 0 radical (unpaired) electrons. The Morgan fingerprint density at radius 3 is 2.67 bits per heavy atom.